The molecule has 0 atom stereocenters. The number of benzene rings is 2. The van der Waals surface area contributed by atoms with E-state index in [1.807, 2.05) is 12.1 Å². The lowest BCUT2D eigenvalue weighted by atomic mass is 9.86. The summed E-state index contributed by atoms with van der Waals surface area (Å²) >= 11 is 0. The molecule has 0 aromatic heterocycles. The number of hydrogen-bond acceptors (Lipinski definition) is 1. The SMILES string of the molecule is CC(C)c1ccc(C(=O)c2ccc(C(C)C)c(C(C)C)c2)cc1C(C)C. The Kier molecular flexibility index (Phi) is 6.44. The molecule has 0 aliphatic heterocycles. The normalized spacial score (nSPS) is 11.8. The van der Waals surface area contributed by atoms with Crippen molar-refractivity contribution in [2.75, 3.05) is 0 Å². The third-order valence-electron chi connectivity index (χ3n) is 5.19. The van der Waals surface area contributed by atoms with Crippen molar-refractivity contribution in [3.63, 3.8) is 0 Å². The maximum absolute atomic E-state index is 13.2. The monoisotopic (exact) mass is 350 g/mol. The van der Waals surface area contributed by atoms with E-state index in [0.29, 0.717) is 23.7 Å². The second-order valence-corrected chi connectivity index (χ2v) is 8.64. The molecule has 26 heavy (non-hydrogen) atoms. The van der Waals surface area contributed by atoms with Crippen molar-refractivity contribution in [2.45, 2.75) is 79.1 Å². The van der Waals surface area contributed by atoms with Crippen molar-refractivity contribution in [1.29, 1.82) is 0 Å². The van der Waals surface area contributed by atoms with Crippen LogP contribution in [0.25, 0.3) is 0 Å². The summed E-state index contributed by atoms with van der Waals surface area (Å²) in [5.41, 5.74) is 6.85. The third-order valence-corrected chi connectivity index (χ3v) is 5.19. The quantitative estimate of drug-likeness (QED) is 0.496. The number of carbonyl (C=O) groups excluding carboxylic acids is 1. The molecule has 0 unspecified atom stereocenters. The van der Waals surface area contributed by atoms with Crippen LogP contribution in [0.1, 0.15) is 117 Å². The molecule has 0 spiro atoms. The standard InChI is InChI=1S/C25H34O/c1-15(2)21-11-9-19(13-23(21)17(5)6)25(26)20-10-12-22(16(3)4)24(14-20)18(7)8/h9-18H,1-8H3. The number of ketones is 1. The molecule has 140 valence electrons. The molecule has 0 aliphatic rings. The highest BCUT2D eigenvalue weighted by Crippen LogP contribution is 2.30. The molecule has 0 amide bonds. The van der Waals surface area contributed by atoms with Crippen molar-refractivity contribution in [1.82, 2.24) is 0 Å². The van der Waals surface area contributed by atoms with E-state index in [1.165, 1.54) is 22.3 Å². The molecule has 0 fully saturated rings. The fraction of sp³-hybridized carbons (Fsp3) is 0.480. The Balaban J connectivity index is 2.49. The van der Waals surface area contributed by atoms with Gasteiger partial charge in [-0.3, -0.25) is 4.79 Å². The predicted molar refractivity (Wildman–Crippen MR) is 113 cm³/mol. The summed E-state index contributed by atoms with van der Waals surface area (Å²) in [4.78, 5) is 13.2. The van der Waals surface area contributed by atoms with Gasteiger partial charge in [-0.05, 0) is 58.1 Å². The first-order chi connectivity index (χ1) is 12.1. The Morgan fingerprint density at radius 2 is 0.846 bits per heavy atom. The van der Waals surface area contributed by atoms with Gasteiger partial charge in [0.15, 0.2) is 5.78 Å². The Labute approximate surface area is 159 Å². The van der Waals surface area contributed by atoms with Crippen LogP contribution in [0.2, 0.25) is 0 Å². The lowest BCUT2D eigenvalue weighted by molar-refractivity contribution is 0.103. The topological polar surface area (TPSA) is 17.1 Å². The first kappa shape index (κ1) is 20.4. The van der Waals surface area contributed by atoms with Gasteiger partial charge in [0, 0.05) is 11.1 Å². The van der Waals surface area contributed by atoms with Crippen LogP contribution >= 0.6 is 0 Å². The second kappa shape index (κ2) is 8.20. The number of carbonyl (C=O) groups is 1. The summed E-state index contributed by atoms with van der Waals surface area (Å²) in [6.45, 7) is 17.6. The van der Waals surface area contributed by atoms with Crippen LogP contribution in [0.15, 0.2) is 36.4 Å². The van der Waals surface area contributed by atoms with Gasteiger partial charge >= 0.3 is 0 Å². The minimum atomic E-state index is 0.124. The average Bonchev–Trinajstić information content (AvgIpc) is 2.59. The van der Waals surface area contributed by atoms with Crippen LogP contribution < -0.4 is 0 Å². The fourth-order valence-electron chi connectivity index (χ4n) is 3.65. The molecule has 1 nitrogen and oxygen atoms in total. The maximum Gasteiger partial charge on any atom is 0.193 e. The van der Waals surface area contributed by atoms with Crippen molar-refractivity contribution in [2.24, 2.45) is 0 Å². The van der Waals surface area contributed by atoms with Crippen molar-refractivity contribution < 1.29 is 4.79 Å². The van der Waals surface area contributed by atoms with Crippen LogP contribution in [-0.4, -0.2) is 5.78 Å². The van der Waals surface area contributed by atoms with E-state index in [-0.39, 0.29) is 5.78 Å². The van der Waals surface area contributed by atoms with Gasteiger partial charge in [0.05, 0.1) is 0 Å². The van der Waals surface area contributed by atoms with Crippen LogP contribution in [0.3, 0.4) is 0 Å². The summed E-state index contributed by atoms with van der Waals surface area (Å²) < 4.78 is 0. The molecule has 1 heteroatoms. The Morgan fingerprint density at radius 1 is 0.538 bits per heavy atom. The minimum absolute atomic E-state index is 0.124. The summed E-state index contributed by atoms with van der Waals surface area (Å²) in [6, 6.07) is 12.5. The second-order valence-electron chi connectivity index (χ2n) is 8.64. The maximum atomic E-state index is 13.2. The molecule has 0 saturated heterocycles. The van der Waals surface area contributed by atoms with Crippen LogP contribution in [-0.2, 0) is 0 Å². The average molecular weight is 351 g/mol. The van der Waals surface area contributed by atoms with Crippen LogP contribution in [0.5, 0.6) is 0 Å². The largest absolute Gasteiger partial charge is 0.289 e. The van der Waals surface area contributed by atoms with Gasteiger partial charge in [-0.25, -0.2) is 0 Å². The molecule has 2 aromatic carbocycles. The van der Waals surface area contributed by atoms with E-state index in [9.17, 15) is 4.79 Å². The fourth-order valence-corrected chi connectivity index (χ4v) is 3.65. The highest BCUT2D eigenvalue weighted by atomic mass is 16.1. The zero-order valence-corrected chi connectivity index (χ0v) is 17.7. The summed E-state index contributed by atoms with van der Waals surface area (Å²) in [7, 11) is 0. The van der Waals surface area contributed by atoms with E-state index in [2.05, 4.69) is 79.7 Å². The minimum Gasteiger partial charge on any atom is -0.289 e. The summed E-state index contributed by atoms with van der Waals surface area (Å²) in [6.07, 6.45) is 0. The van der Waals surface area contributed by atoms with Crippen LogP contribution in [0, 0.1) is 0 Å². The van der Waals surface area contributed by atoms with E-state index in [1.54, 1.807) is 0 Å². The molecular weight excluding hydrogens is 316 g/mol. The summed E-state index contributed by atoms with van der Waals surface area (Å²) in [5, 5.41) is 0. The zero-order valence-electron chi connectivity index (χ0n) is 17.7. The first-order valence-electron chi connectivity index (χ1n) is 9.95. The molecule has 0 N–H and O–H groups in total. The molecule has 0 bridgehead atoms. The zero-order chi connectivity index (χ0) is 19.6. The lowest BCUT2D eigenvalue weighted by Crippen LogP contribution is -2.08. The first-order valence-corrected chi connectivity index (χ1v) is 9.95. The predicted octanol–water partition coefficient (Wildman–Crippen LogP) is 7.41. The van der Waals surface area contributed by atoms with Gasteiger partial charge in [0.1, 0.15) is 0 Å². The lowest BCUT2D eigenvalue weighted by Gasteiger charge is -2.19. The smallest absolute Gasteiger partial charge is 0.193 e. The van der Waals surface area contributed by atoms with Gasteiger partial charge in [-0.1, -0.05) is 79.7 Å². The van der Waals surface area contributed by atoms with Crippen molar-refractivity contribution in [3.05, 3.63) is 69.8 Å². The molecule has 0 saturated carbocycles. The highest BCUT2D eigenvalue weighted by molar-refractivity contribution is 6.09. The van der Waals surface area contributed by atoms with Gasteiger partial charge in [0.25, 0.3) is 0 Å². The van der Waals surface area contributed by atoms with Crippen molar-refractivity contribution >= 4 is 5.78 Å². The van der Waals surface area contributed by atoms with E-state index < -0.39 is 0 Å². The Morgan fingerprint density at radius 3 is 1.12 bits per heavy atom. The van der Waals surface area contributed by atoms with E-state index in [0.717, 1.165) is 11.1 Å². The van der Waals surface area contributed by atoms with Gasteiger partial charge in [0.2, 0.25) is 0 Å². The summed E-state index contributed by atoms with van der Waals surface area (Å²) in [5.74, 6) is 1.88. The van der Waals surface area contributed by atoms with Crippen molar-refractivity contribution in [3.8, 4) is 0 Å². The van der Waals surface area contributed by atoms with Crippen LogP contribution in [0.4, 0.5) is 0 Å². The van der Waals surface area contributed by atoms with E-state index >= 15 is 0 Å². The number of hydrogen-bond donors (Lipinski definition) is 0. The molecule has 2 aromatic rings. The molecule has 0 radical (unpaired) electrons. The highest BCUT2D eigenvalue weighted by Gasteiger charge is 2.18. The third kappa shape index (κ3) is 4.26. The molecular formula is C25H34O. The van der Waals surface area contributed by atoms with Gasteiger partial charge in [-0.15, -0.1) is 0 Å². The molecule has 0 heterocycles. The van der Waals surface area contributed by atoms with E-state index in [4.69, 9.17) is 0 Å². The van der Waals surface area contributed by atoms with Gasteiger partial charge < -0.3 is 0 Å². The van der Waals surface area contributed by atoms with Gasteiger partial charge in [-0.2, -0.15) is 0 Å². The Bertz CT molecular complexity index is 713. The molecule has 0 aliphatic carbocycles. The Hall–Kier alpha value is -1.89. The number of rotatable bonds is 6. The molecule has 2 rings (SSSR count).